The van der Waals surface area contributed by atoms with Crippen LogP contribution in [0.2, 0.25) is 0 Å². The predicted molar refractivity (Wildman–Crippen MR) is 73.8 cm³/mol. The molecule has 0 aromatic heterocycles. The monoisotopic (exact) mass is 277 g/mol. The molecule has 0 saturated carbocycles. The van der Waals surface area contributed by atoms with Crippen LogP contribution >= 0.6 is 0 Å². The highest BCUT2D eigenvalue weighted by Gasteiger charge is 2.26. The Kier molecular flexibility index (Phi) is 4.95. The molecule has 1 aromatic carbocycles. The number of benzene rings is 1. The van der Waals surface area contributed by atoms with Crippen LogP contribution in [0.1, 0.15) is 12.0 Å². The van der Waals surface area contributed by atoms with E-state index in [2.05, 4.69) is 10.6 Å². The van der Waals surface area contributed by atoms with Crippen molar-refractivity contribution in [2.75, 3.05) is 20.1 Å². The molecule has 108 valence electrons. The molecule has 0 radical (unpaired) electrons. The zero-order valence-electron chi connectivity index (χ0n) is 11.5. The molecule has 6 nitrogen and oxygen atoms in total. The Hall–Kier alpha value is -2.08. The van der Waals surface area contributed by atoms with Gasteiger partial charge in [-0.25, -0.2) is 4.79 Å². The topological polar surface area (TPSA) is 70.7 Å². The summed E-state index contributed by atoms with van der Waals surface area (Å²) in [6, 6.07) is 9.39. The standard InChI is InChI=1S/C14H19N3O3/c1-17-9-5-8-15-12(13(17)18)16-14(19)20-10-11-6-3-2-4-7-11/h2-4,6-7,12,15H,5,8-10H2,1H3,(H,16,19)/t12-/m0/s1. The van der Waals surface area contributed by atoms with Crippen LogP contribution in [-0.2, 0) is 16.1 Å². The summed E-state index contributed by atoms with van der Waals surface area (Å²) < 4.78 is 5.09. The van der Waals surface area contributed by atoms with Crippen LogP contribution in [0.15, 0.2) is 30.3 Å². The number of alkyl carbamates (subject to hydrolysis) is 1. The number of hydrogen-bond donors (Lipinski definition) is 2. The third kappa shape index (κ3) is 3.96. The Bertz CT molecular complexity index is 464. The molecule has 6 heteroatoms. The van der Waals surface area contributed by atoms with E-state index in [1.807, 2.05) is 30.3 Å². The van der Waals surface area contributed by atoms with Gasteiger partial charge in [-0.1, -0.05) is 30.3 Å². The normalized spacial score (nSPS) is 19.4. The number of carbonyl (C=O) groups excluding carboxylic acids is 2. The number of nitrogens with one attached hydrogen (secondary N) is 2. The fraction of sp³-hybridized carbons (Fsp3) is 0.429. The summed E-state index contributed by atoms with van der Waals surface area (Å²) in [6.45, 7) is 1.55. The summed E-state index contributed by atoms with van der Waals surface area (Å²) in [6.07, 6.45) is -0.458. The number of carbonyl (C=O) groups is 2. The molecule has 1 saturated heterocycles. The summed E-state index contributed by atoms with van der Waals surface area (Å²) in [5.74, 6) is -0.154. The van der Waals surface area contributed by atoms with Gasteiger partial charge in [-0.3, -0.25) is 15.4 Å². The van der Waals surface area contributed by atoms with Crippen LogP contribution in [0.25, 0.3) is 0 Å². The van der Waals surface area contributed by atoms with E-state index in [1.54, 1.807) is 11.9 Å². The van der Waals surface area contributed by atoms with E-state index >= 15 is 0 Å². The van der Waals surface area contributed by atoms with Gasteiger partial charge >= 0.3 is 6.09 Å². The van der Waals surface area contributed by atoms with Gasteiger partial charge in [-0.15, -0.1) is 0 Å². The van der Waals surface area contributed by atoms with Crippen molar-refractivity contribution in [3.63, 3.8) is 0 Å². The average molecular weight is 277 g/mol. The van der Waals surface area contributed by atoms with E-state index in [1.165, 1.54) is 0 Å². The van der Waals surface area contributed by atoms with E-state index in [9.17, 15) is 9.59 Å². The molecule has 1 aliphatic heterocycles. The predicted octanol–water partition coefficient (Wildman–Crippen LogP) is 0.691. The van der Waals surface area contributed by atoms with Crippen LogP contribution in [0, 0.1) is 0 Å². The smallest absolute Gasteiger partial charge is 0.409 e. The third-order valence-electron chi connectivity index (χ3n) is 3.12. The Labute approximate surface area is 118 Å². The van der Waals surface area contributed by atoms with Gasteiger partial charge in [0, 0.05) is 13.6 Å². The van der Waals surface area contributed by atoms with E-state index in [0.717, 1.165) is 12.0 Å². The highest BCUT2D eigenvalue weighted by atomic mass is 16.5. The number of ether oxygens (including phenoxy) is 1. The molecule has 2 amide bonds. The molecule has 0 unspecified atom stereocenters. The molecule has 2 N–H and O–H groups in total. The van der Waals surface area contributed by atoms with Gasteiger partial charge in [0.25, 0.3) is 5.91 Å². The Morgan fingerprint density at radius 1 is 1.45 bits per heavy atom. The quantitative estimate of drug-likeness (QED) is 0.853. The van der Waals surface area contributed by atoms with Crippen LogP contribution in [0.3, 0.4) is 0 Å². The third-order valence-corrected chi connectivity index (χ3v) is 3.12. The molecule has 2 rings (SSSR count). The average Bonchev–Trinajstić information content (AvgIpc) is 2.62. The lowest BCUT2D eigenvalue weighted by molar-refractivity contribution is -0.132. The molecule has 1 fully saturated rings. The minimum Gasteiger partial charge on any atom is -0.445 e. The summed E-state index contributed by atoms with van der Waals surface area (Å²) >= 11 is 0. The zero-order chi connectivity index (χ0) is 14.4. The van der Waals surface area contributed by atoms with E-state index < -0.39 is 12.3 Å². The van der Waals surface area contributed by atoms with Gasteiger partial charge in [0.2, 0.25) is 0 Å². The summed E-state index contributed by atoms with van der Waals surface area (Å²) in [5.41, 5.74) is 0.903. The van der Waals surface area contributed by atoms with Gasteiger partial charge in [0.1, 0.15) is 6.61 Å². The fourth-order valence-electron chi connectivity index (χ4n) is 1.98. The Morgan fingerprint density at radius 2 is 2.20 bits per heavy atom. The molecule has 1 aromatic rings. The maximum Gasteiger partial charge on any atom is 0.409 e. The van der Waals surface area contributed by atoms with Crippen molar-refractivity contribution in [1.82, 2.24) is 15.5 Å². The number of rotatable bonds is 3. The van der Waals surface area contributed by atoms with Crippen molar-refractivity contribution in [2.24, 2.45) is 0 Å². The highest BCUT2D eigenvalue weighted by molar-refractivity contribution is 5.85. The van der Waals surface area contributed by atoms with Gasteiger partial charge in [0.05, 0.1) is 0 Å². The van der Waals surface area contributed by atoms with Crippen LogP contribution in [-0.4, -0.2) is 43.2 Å². The maximum atomic E-state index is 11.9. The lowest BCUT2D eigenvalue weighted by atomic mass is 10.2. The molecule has 1 aliphatic rings. The zero-order valence-corrected chi connectivity index (χ0v) is 11.5. The second-order valence-corrected chi connectivity index (χ2v) is 4.71. The lowest BCUT2D eigenvalue weighted by Gasteiger charge is -2.20. The van der Waals surface area contributed by atoms with Crippen molar-refractivity contribution in [3.8, 4) is 0 Å². The lowest BCUT2D eigenvalue weighted by Crippen LogP contribution is -2.53. The molecule has 0 aliphatic carbocycles. The van der Waals surface area contributed by atoms with Crippen molar-refractivity contribution >= 4 is 12.0 Å². The van der Waals surface area contributed by atoms with Crippen LogP contribution < -0.4 is 10.6 Å². The number of hydrogen-bond acceptors (Lipinski definition) is 4. The molecular formula is C14H19N3O3. The molecule has 0 bridgehead atoms. The summed E-state index contributed by atoms with van der Waals surface area (Å²) in [7, 11) is 1.72. The molecule has 1 atom stereocenters. The highest BCUT2D eigenvalue weighted by Crippen LogP contribution is 2.02. The van der Waals surface area contributed by atoms with E-state index in [-0.39, 0.29) is 12.5 Å². The van der Waals surface area contributed by atoms with Crippen molar-refractivity contribution in [1.29, 1.82) is 0 Å². The first-order valence-electron chi connectivity index (χ1n) is 6.62. The molecule has 20 heavy (non-hydrogen) atoms. The first-order chi connectivity index (χ1) is 9.66. The molecule has 0 spiro atoms. The second kappa shape index (κ2) is 6.91. The fourth-order valence-corrected chi connectivity index (χ4v) is 1.98. The van der Waals surface area contributed by atoms with E-state index in [0.29, 0.717) is 13.1 Å². The van der Waals surface area contributed by atoms with Crippen LogP contribution in [0.4, 0.5) is 4.79 Å². The second-order valence-electron chi connectivity index (χ2n) is 4.71. The van der Waals surface area contributed by atoms with Gasteiger partial charge in [0.15, 0.2) is 6.17 Å². The summed E-state index contributed by atoms with van der Waals surface area (Å²) in [4.78, 5) is 25.3. The van der Waals surface area contributed by atoms with Crippen molar-refractivity contribution in [2.45, 2.75) is 19.2 Å². The number of amides is 2. The minimum absolute atomic E-state index is 0.154. The Morgan fingerprint density at radius 3 is 2.95 bits per heavy atom. The number of likely N-dealkylation sites (N-methyl/N-ethyl adjacent to an activating group) is 1. The van der Waals surface area contributed by atoms with Crippen LogP contribution in [0.5, 0.6) is 0 Å². The summed E-state index contributed by atoms with van der Waals surface area (Å²) in [5, 5.41) is 5.53. The largest absolute Gasteiger partial charge is 0.445 e. The SMILES string of the molecule is CN1CCCN[C@@H](NC(=O)OCc2ccccc2)C1=O. The minimum atomic E-state index is -0.717. The van der Waals surface area contributed by atoms with Gasteiger partial charge in [-0.2, -0.15) is 0 Å². The molecular weight excluding hydrogens is 258 g/mol. The molecule has 1 heterocycles. The van der Waals surface area contributed by atoms with Crippen molar-refractivity contribution < 1.29 is 14.3 Å². The Balaban J connectivity index is 1.83. The first kappa shape index (κ1) is 14.3. The number of nitrogens with zero attached hydrogens (tertiary/aromatic N) is 1. The van der Waals surface area contributed by atoms with E-state index in [4.69, 9.17) is 4.74 Å². The first-order valence-corrected chi connectivity index (χ1v) is 6.62. The van der Waals surface area contributed by atoms with Gasteiger partial charge < -0.3 is 9.64 Å². The van der Waals surface area contributed by atoms with Crippen molar-refractivity contribution in [3.05, 3.63) is 35.9 Å². The van der Waals surface area contributed by atoms with Gasteiger partial charge in [-0.05, 0) is 18.5 Å². The maximum absolute atomic E-state index is 11.9.